The first-order chi connectivity index (χ1) is 20.9. The fourth-order valence-electron chi connectivity index (χ4n) is 4.44. The van der Waals surface area contributed by atoms with Crippen molar-refractivity contribution in [3.8, 4) is 6.07 Å². The molecule has 216 valence electrons. The van der Waals surface area contributed by atoms with Gasteiger partial charge in [0.25, 0.3) is 5.91 Å². The van der Waals surface area contributed by atoms with Crippen molar-refractivity contribution >= 4 is 46.6 Å². The Balaban J connectivity index is 1.70. The van der Waals surface area contributed by atoms with Crippen LogP contribution in [0, 0.1) is 11.3 Å². The summed E-state index contributed by atoms with van der Waals surface area (Å²) in [5.74, 6) is -1.82. The SMILES string of the molecule is CCc1ccc(NC(=O)CSC(NC(=O)c2ccccc2)=C(C#N)C(CC(=O)c2ccccc2)c2ccccc2Cl)cc1. The van der Waals surface area contributed by atoms with E-state index in [2.05, 4.69) is 23.6 Å². The van der Waals surface area contributed by atoms with Gasteiger partial charge < -0.3 is 10.6 Å². The van der Waals surface area contributed by atoms with E-state index < -0.39 is 11.8 Å². The molecule has 0 aliphatic carbocycles. The minimum absolute atomic E-state index is 0.0715. The lowest BCUT2D eigenvalue weighted by atomic mass is 9.86. The Morgan fingerprint density at radius 3 is 2.05 bits per heavy atom. The maximum atomic E-state index is 13.4. The van der Waals surface area contributed by atoms with Gasteiger partial charge in [0.05, 0.1) is 22.4 Å². The summed E-state index contributed by atoms with van der Waals surface area (Å²) in [7, 11) is 0. The second kappa shape index (κ2) is 15.5. The summed E-state index contributed by atoms with van der Waals surface area (Å²) in [6.45, 7) is 2.05. The number of carbonyl (C=O) groups excluding carboxylic acids is 3. The number of nitrogens with zero attached hydrogens (tertiary/aromatic N) is 1. The lowest BCUT2D eigenvalue weighted by Gasteiger charge is -2.21. The van der Waals surface area contributed by atoms with Crippen molar-refractivity contribution in [2.45, 2.75) is 25.7 Å². The van der Waals surface area contributed by atoms with Crippen LogP contribution in [0.5, 0.6) is 0 Å². The molecule has 6 nitrogen and oxygen atoms in total. The van der Waals surface area contributed by atoms with Crippen LogP contribution in [0.2, 0.25) is 5.02 Å². The zero-order valence-corrected chi connectivity index (χ0v) is 25.1. The number of aryl methyl sites for hydroxylation is 1. The number of nitriles is 1. The normalized spacial score (nSPS) is 11.9. The monoisotopic (exact) mass is 607 g/mol. The highest BCUT2D eigenvalue weighted by Gasteiger charge is 2.28. The second-order valence-corrected chi connectivity index (χ2v) is 11.0. The fraction of sp³-hybridized carbons (Fsp3) is 0.143. The van der Waals surface area contributed by atoms with Gasteiger partial charge in [-0.3, -0.25) is 14.4 Å². The van der Waals surface area contributed by atoms with E-state index in [1.54, 1.807) is 78.9 Å². The van der Waals surface area contributed by atoms with E-state index in [-0.39, 0.29) is 34.5 Å². The molecular formula is C35H30ClN3O3S. The van der Waals surface area contributed by atoms with Gasteiger partial charge in [-0.25, -0.2) is 0 Å². The number of carbonyl (C=O) groups is 3. The first-order valence-corrected chi connectivity index (χ1v) is 15.1. The third kappa shape index (κ3) is 8.68. The molecule has 8 heteroatoms. The molecule has 0 bridgehead atoms. The molecule has 0 saturated carbocycles. The number of anilines is 1. The van der Waals surface area contributed by atoms with Gasteiger partial charge in [-0.05, 0) is 47.9 Å². The summed E-state index contributed by atoms with van der Waals surface area (Å²) in [5, 5.41) is 16.8. The quantitative estimate of drug-likeness (QED) is 0.126. The first kappa shape index (κ1) is 31.3. The van der Waals surface area contributed by atoms with Gasteiger partial charge in [-0.1, -0.05) is 109 Å². The molecule has 2 amide bonds. The largest absolute Gasteiger partial charge is 0.325 e. The molecule has 0 saturated heterocycles. The minimum atomic E-state index is -0.783. The molecule has 4 aromatic rings. The third-order valence-corrected chi connectivity index (χ3v) is 8.10. The highest BCUT2D eigenvalue weighted by atomic mass is 35.5. The smallest absolute Gasteiger partial charge is 0.256 e. The average Bonchev–Trinajstić information content (AvgIpc) is 3.04. The molecule has 0 aliphatic rings. The molecule has 0 aromatic heterocycles. The third-order valence-electron chi connectivity index (χ3n) is 6.74. The van der Waals surface area contributed by atoms with Crippen LogP contribution in [0.4, 0.5) is 5.69 Å². The van der Waals surface area contributed by atoms with Crippen LogP contribution in [-0.2, 0) is 11.2 Å². The summed E-state index contributed by atoms with van der Waals surface area (Å²) in [5.41, 5.74) is 3.37. The van der Waals surface area contributed by atoms with Gasteiger partial charge in [0, 0.05) is 34.2 Å². The van der Waals surface area contributed by atoms with E-state index in [1.807, 2.05) is 30.3 Å². The van der Waals surface area contributed by atoms with E-state index in [1.165, 1.54) is 0 Å². The molecule has 2 N–H and O–H groups in total. The first-order valence-electron chi connectivity index (χ1n) is 13.7. The molecular weight excluding hydrogens is 578 g/mol. The predicted octanol–water partition coefficient (Wildman–Crippen LogP) is 7.80. The summed E-state index contributed by atoms with van der Waals surface area (Å²) >= 11 is 7.62. The highest BCUT2D eigenvalue weighted by molar-refractivity contribution is 8.03. The number of halogens is 1. The number of nitrogens with one attached hydrogen (secondary N) is 2. The molecule has 1 unspecified atom stereocenters. The highest BCUT2D eigenvalue weighted by Crippen LogP contribution is 2.37. The number of allylic oxidation sites excluding steroid dienone is 1. The standard InChI is InChI=1S/C35H30ClN3O3S/c1-2-24-17-19-27(20-18-24)38-33(41)23-43-35(39-34(42)26-13-7-4-8-14-26)30(22-37)29(28-15-9-10-16-31(28)36)21-32(40)25-11-5-3-6-12-25/h3-20,29H,2,21,23H2,1H3,(H,38,41)(H,39,42). The zero-order valence-electron chi connectivity index (χ0n) is 23.5. The fourth-order valence-corrected chi connectivity index (χ4v) is 5.57. The van der Waals surface area contributed by atoms with Gasteiger partial charge in [0.15, 0.2) is 5.78 Å². The van der Waals surface area contributed by atoms with Crippen LogP contribution >= 0.6 is 23.4 Å². The Labute approximate surface area is 260 Å². The number of benzene rings is 4. The van der Waals surface area contributed by atoms with Gasteiger partial charge in [0.1, 0.15) is 0 Å². The number of amides is 2. The van der Waals surface area contributed by atoms with E-state index in [0.29, 0.717) is 27.4 Å². The number of hydrogen-bond donors (Lipinski definition) is 2. The predicted molar refractivity (Wildman–Crippen MR) is 173 cm³/mol. The van der Waals surface area contributed by atoms with Crippen molar-refractivity contribution in [3.63, 3.8) is 0 Å². The number of Topliss-reactive ketones (excluding diaryl/α,β-unsaturated/α-hetero) is 1. The van der Waals surface area contributed by atoms with Crippen molar-refractivity contribution in [3.05, 3.63) is 147 Å². The molecule has 43 heavy (non-hydrogen) atoms. The lowest BCUT2D eigenvalue weighted by molar-refractivity contribution is -0.113. The van der Waals surface area contributed by atoms with Gasteiger partial charge in [0.2, 0.25) is 5.91 Å². The molecule has 0 radical (unpaired) electrons. The van der Waals surface area contributed by atoms with Crippen molar-refractivity contribution < 1.29 is 14.4 Å². The molecule has 0 spiro atoms. The maximum Gasteiger partial charge on any atom is 0.256 e. The van der Waals surface area contributed by atoms with Gasteiger partial charge in [-0.2, -0.15) is 5.26 Å². The Hall–Kier alpha value is -4.64. The van der Waals surface area contributed by atoms with Crippen molar-refractivity contribution in [1.29, 1.82) is 5.26 Å². The van der Waals surface area contributed by atoms with Crippen molar-refractivity contribution in [2.75, 3.05) is 11.1 Å². The van der Waals surface area contributed by atoms with Crippen LogP contribution in [0.3, 0.4) is 0 Å². The van der Waals surface area contributed by atoms with Crippen LogP contribution in [0.1, 0.15) is 51.1 Å². The summed E-state index contributed by atoms with van der Waals surface area (Å²) < 4.78 is 0. The van der Waals surface area contributed by atoms with Crippen LogP contribution < -0.4 is 10.6 Å². The topological polar surface area (TPSA) is 99.1 Å². The minimum Gasteiger partial charge on any atom is -0.325 e. The molecule has 0 heterocycles. The van der Waals surface area contributed by atoms with E-state index in [4.69, 9.17) is 11.6 Å². The maximum absolute atomic E-state index is 13.4. The molecule has 4 aromatic carbocycles. The summed E-state index contributed by atoms with van der Waals surface area (Å²) in [6.07, 6.45) is 0.813. The van der Waals surface area contributed by atoms with E-state index >= 15 is 0 Å². The van der Waals surface area contributed by atoms with E-state index in [9.17, 15) is 19.6 Å². The second-order valence-electron chi connectivity index (χ2n) is 9.63. The number of thioether (sulfide) groups is 1. The Bertz CT molecular complexity index is 1650. The summed E-state index contributed by atoms with van der Waals surface area (Å²) in [4.78, 5) is 39.7. The van der Waals surface area contributed by atoms with Gasteiger partial charge >= 0.3 is 0 Å². The van der Waals surface area contributed by atoms with Crippen LogP contribution in [0.15, 0.2) is 120 Å². The molecule has 0 fully saturated rings. The van der Waals surface area contributed by atoms with Crippen molar-refractivity contribution in [2.24, 2.45) is 0 Å². The van der Waals surface area contributed by atoms with Crippen molar-refractivity contribution in [1.82, 2.24) is 5.32 Å². The number of ketones is 1. The molecule has 1 atom stereocenters. The molecule has 0 aliphatic heterocycles. The van der Waals surface area contributed by atoms with Crippen LogP contribution in [0.25, 0.3) is 0 Å². The Morgan fingerprint density at radius 2 is 1.44 bits per heavy atom. The zero-order chi connectivity index (χ0) is 30.6. The van der Waals surface area contributed by atoms with Gasteiger partial charge in [-0.15, -0.1) is 0 Å². The Kier molecular flexibility index (Phi) is 11.3. The Morgan fingerprint density at radius 1 is 0.837 bits per heavy atom. The van der Waals surface area contributed by atoms with Crippen LogP contribution in [-0.4, -0.2) is 23.4 Å². The average molecular weight is 608 g/mol. The number of hydrogen-bond acceptors (Lipinski definition) is 5. The molecule has 4 rings (SSSR count). The summed E-state index contributed by atoms with van der Waals surface area (Å²) in [6, 6.07) is 34.1. The lowest BCUT2D eigenvalue weighted by Crippen LogP contribution is -2.25. The number of rotatable bonds is 12. The van der Waals surface area contributed by atoms with E-state index in [0.717, 1.165) is 23.7 Å².